The van der Waals surface area contributed by atoms with E-state index in [2.05, 4.69) is 25.1 Å². The van der Waals surface area contributed by atoms with Crippen molar-refractivity contribution in [3.05, 3.63) is 79.7 Å². The number of aryl methyl sites for hydroxylation is 1. The number of benzene rings is 2. The van der Waals surface area contributed by atoms with Crippen molar-refractivity contribution in [1.82, 2.24) is 0 Å². The molecule has 0 N–H and O–H groups in total. The second kappa shape index (κ2) is 36.6. The Kier molecular flexibility index (Phi) is 56.7. The van der Waals surface area contributed by atoms with Gasteiger partial charge in [-0.1, -0.05) is 77.4 Å². The minimum absolute atomic E-state index is 0. The van der Waals surface area contributed by atoms with E-state index in [1.165, 1.54) is 5.56 Å². The van der Waals surface area contributed by atoms with Crippen LogP contribution in [-0.4, -0.2) is 0 Å². The first-order valence-corrected chi connectivity index (χ1v) is 7.32. The first kappa shape index (κ1) is 32.5. The van der Waals surface area contributed by atoms with E-state index in [9.17, 15) is 0 Å². The molecule has 0 amide bonds. The van der Waals surface area contributed by atoms with Gasteiger partial charge in [-0.15, -0.1) is 0 Å². The summed E-state index contributed by atoms with van der Waals surface area (Å²) in [5.41, 5.74) is 1.32. The number of hydrogen-bond donors (Lipinski definition) is 0. The Hall–Kier alpha value is -0.456. The summed E-state index contributed by atoms with van der Waals surface area (Å²) >= 11 is 0. The average molecular weight is 363 g/mol. The maximum atomic E-state index is 2.89. The third-order valence-corrected chi connectivity index (χ3v) is 1.55. The van der Waals surface area contributed by atoms with Gasteiger partial charge in [-0.25, -0.2) is 0 Å². The molecule has 0 aliphatic rings. The van der Waals surface area contributed by atoms with Crippen molar-refractivity contribution in [2.24, 2.45) is 0 Å². The van der Waals surface area contributed by atoms with Crippen molar-refractivity contribution >= 4 is 0 Å². The van der Waals surface area contributed by atoms with Crippen LogP contribution in [0.15, 0.2) is 60.7 Å². The van der Waals surface area contributed by atoms with Crippen LogP contribution in [0.25, 0.3) is 0 Å². The monoisotopic (exact) mass is 363 g/mol. The van der Waals surface area contributed by atoms with Gasteiger partial charge < -0.3 is 7.43 Å². The Morgan fingerprint density at radius 2 is 0.952 bits per heavy atom. The van der Waals surface area contributed by atoms with Crippen LogP contribution in [0.4, 0.5) is 0 Å². The fraction of sp³-hybridized carbons (Fsp3) is 0.350. The van der Waals surface area contributed by atoms with E-state index >= 15 is 0 Å². The summed E-state index contributed by atoms with van der Waals surface area (Å²) in [6.07, 6.45) is 0. The SMILES string of the molecule is CC.CC.CC.Cc1ccccc1.[CH3-].[Y].[c-]1ccccc1. The van der Waals surface area contributed by atoms with Crippen molar-refractivity contribution in [3.63, 3.8) is 0 Å². The molecule has 0 saturated carbocycles. The largest absolute Gasteiger partial charge is 0.358 e. The standard InChI is InChI=1S/C7H8.C6H5.3C2H6.CH3.Y/c1-7-5-3-2-4-6-7;1-2-4-6-5-3-1;3*1-2;;/h2-6H,1H3;1-5H;3*1-2H3;1H3;/q;-1;;;;-1;. The normalized spacial score (nSPS) is 6.05. The number of rotatable bonds is 0. The summed E-state index contributed by atoms with van der Waals surface area (Å²) in [5.74, 6) is 0. The van der Waals surface area contributed by atoms with Crippen molar-refractivity contribution in [2.75, 3.05) is 0 Å². The molecular weight excluding hydrogens is 329 g/mol. The van der Waals surface area contributed by atoms with E-state index in [0.29, 0.717) is 0 Å². The minimum atomic E-state index is 0. The molecule has 0 aromatic heterocycles. The molecule has 0 unspecified atom stereocenters. The van der Waals surface area contributed by atoms with Crippen LogP contribution in [0, 0.1) is 20.4 Å². The van der Waals surface area contributed by atoms with Gasteiger partial charge >= 0.3 is 0 Å². The minimum Gasteiger partial charge on any atom is -0.358 e. The molecule has 0 fully saturated rings. The third kappa shape index (κ3) is 32.8. The predicted octanol–water partition coefficient (Wildman–Crippen LogP) is 7.01. The van der Waals surface area contributed by atoms with Gasteiger partial charge in [-0.2, -0.15) is 36.4 Å². The van der Waals surface area contributed by atoms with E-state index in [1.54, 1.807) is 0 Å². The van der Waals surface area contributed by atoms with Gasteiger partial charge in [0.2, 0.25) is 0 Å². The molecular formula is C20H34Y-2. The Balaban J connectivity index is -0.0000000564. The molecule has 0 saturated heterocycles. The maximum absolute atomic E-state index is 2.89. The Morgan fingerprint density at radius 3 is 1.10 bits per heavy atom. The fourth-order valence-electron chi connectivity index (χ4n) is 0.876. The van der Waals surface area contributed by atoms with Crippen LogP contribution in [0.2, 0.25) is 0 Å². The van der Waals surface area contributed by atoms with Crippen LogP contribution >= 0.6 is 0 Å². The fourth-order valence-corrected chi connectivity index (χ4v) is 0.876. The van der Waals surface area contributed by atoms with Gasteiger partial charge in [0, 0.05) is 32.7 Å². The topological polar surface area (TPSA) is 0 Å². The molecule has 0 aliphatic carbocycles. The van der Waals surface area contributed by atoms with Crippen LogP contribution < -0.4 is 0 Å². The molecule has 1 radical (unpaired) electrons. The molecule has 2 rings (SSSR count). The zero-order chi connectivity index (χ0) is 15.4. The van der Waals surface area contributed by atoms with Crippen molar-refractivity contribution in [2.45, 2.75) is 48.5 Å². The molecule has 2 aromatic rings. The van der Waals surface area contributed by atoms with Crippen molar-refractivity contribution < 1.29 is 32.7 Å². The van der Waals surface area contributed by atoms with Gasteiger partial charge in [0.15, 0.2) is 0 Å². The second-order valence-electron chi connectivity index (χ2n) is 2.73. The van der Waals surface area contributed by atoms with E-state index < -0.39 is 0 Å². The maximum Gasteiger partial charge on any atom is 0 e. The van der Waals surface area contributed by atoms with Gasteiger partial charge in [-0.3, -0.25) is 0 Å². The second-order valence-corrected chi connectivity index (χ2v) is 2.73. The summed E-state index contributed by atoms with van der Waals surface area (Å²) in [7, 11) is 0. The number of hydrogen-bond acceptors (Lipinski definition) is 0. The molecule has 0 aliphatic heterocycles. The molecule has 0 bridgehead atoms. The van der Waals surface area contributed by atoms with Gasteiger partial charge in [-0.05, 0) is 6.92 Å². The summed E-state index contributed by atoms with van der Waals surface area (Å²) in [5, 5.41) is 0. The van der Waals surface area contributed by atoms with E-state index in [-0.39, 0.29) is 40.1 Å². The quantitative estimate of drug-likeness (QED) is 0.442. The summed E-state index contributed by atoms with van der Waals surface area (Å²) in [4.78, 5) is 0. The molecule has 0 nitrogen and oxygen atoms in total. The molecule has 2 aromatic carbocycles. The Morgan fingerprint density at radius 1 is 0.619 bits per heavy atom. The van der Waals surface area contributed by atoms with Crippen molar-refractivity contribution in [1.29, 1.82) is 0 Å². The van der Waals surface area contributed by atoms with Gasteiger partial charge in [0.25, 0.3) is 0 Å². The first-order chi connectivity index (χ1) is 9.39. The summed E-state index contributed by atoms with van der Waals surface area (Å²) < 4.78 is 0. The zero-order valence-electron chi connectivity index (χ0n) is 15.4. The molecule has 0 atom stereocenters. The van der Waals surface area contributed by atoms with Gasteiger partial charge in [0.05, 0.1) is 0 Å². The van der Waals surface area contributed by atoms with Crippen LogP contribution in [0.3, 0.4) is 0 Å². The van der Waals surface area contributed by atoms with E-state index in [0.717, 1.165) is 0 Å². The molecule has 21 heavy (non-hydrogen) atoms. The molecule has 0 spiro atoms. The summed E-state index contributed by atoms with van der Waals surface area (Å²) in [6.45, 7) is 14.1. The zero-order valence-corrected chi connectivity index (χ0v) is 18.2. The molecule has 0 heterocycles. The molecule has 1 heteroatoms. The third-order valence-electron chi connectivity index (χ3n) is 1.55. The first-order valence-electron chi connectivity index (χ1n) is 7.32. The Labute approximate surface area is 160 Å². The van der Waals surface area contributed by atoms with Crippen molar-refractivity contribution in [3.8, 4) is 0 Å². The smallest absolute Gasteiger partial charge is 0 e. The van der Waals surface area contributed by atoms with E-state index in [1.807, 2.05) is 90.1 Å². The van der Waals surface area contributed by atoms with Crippen LogP contribution in [0.1, 0.15) is 47.1 Å². The van der Waals surface area contributed by atoms with Gasteiger partial charge in [0.1, 0.15) is 0 Å². The average Bonchev–Trinajstić information content (AvgIpc) is 2.56. The Bertz CT molecular complexity index is 276. The van der Waals surface area contributed by atoms with Crippen LogP contribution in [-0.2, 0) is 32.7 Å². The predicted molar refractivity (Wildman–Crippen MR) is 96.9 cm³/mol. The van der Waals surface area contributed by atoms with Crippen LogP contribution in [0.5, 0.6) is 0 Å². The molecule has 119 valence electrons. The van der Waals surface area contributed by atoms with E-state index in [4.69, 9.17) is 0 Å². The summed E-state index contributed by atoms with van der Waals surface area (Å²) in [6, 6.07) is 22.8.